The van der Waals surface area contributed by atoms with Gasteiger partial charge in [0.15, 0.2) is 0 Å². The maximum absolute atomic E-state index is 14.7. The van der Waals surface area contributed by atoms with Gasteiger partial charge in [-0.1, -0.05) is 54.6 Å². The molecule has 0 radical (unpaired) electrons. The van der Waals surface area contributed by atoms with Crippen LogP contribution in [0.4, 0.5) is 17.6 Å². The molecule has 1 amide bonds. The summed E-state index contributed by atoms with van der Waals surface area (Å²) in [4.78, 5) is 14.6. The van der Waals surface area contributed by atoms with Crippen molar-refractivity contribution >= 4 is 5.91 Å². The van der Waals surface area contributed by atoms with E-state index in [9.17, 15) is 22.4 Å². The maximum atomic E-state index is 14.7. The summed E-state index contributed by atoms with van der Waals surface area (Å²) in [6.45, 7) is 0.195. The number of rotatable bonds is 2. The molecule has 0 aromatic heterocycles. The van der Waals surface area contributed by atoms with Crippen molar-refractivity contribution in [3.63, 3.8) is 0 Å². The molecule has 1 atom stereocenters. The topological polar surface area (TPSA) is 20.3 Å². The van der Waals surface area contributed by atoms with Crippen LogP contribution in [0, 0.1) is 5.82 Å². The summed E-state index contributed by atoms with van der Waals surface area (Å²) in [5.74, 6) is -1.27. The van der Waals surface area contributed by atoms with Crippen molar-refractivity contribution < 1.29 is 22.4 Å². The summed E-state index contributed by atoms with van der Waals surface area (Å²) >= 11 is 0. The molecule has 6 heteroatoms. The number of amides is 1. The fourth-order valence-corrected chi connectivity index (χ4v) is 3.89. The molecule has 148 valence electrons. The van der Waals surface area contributed by atoms with Crippen molar-refractivity contribution in [3.8, 4) is 0 Å². The zero-order valence-corrected chi connectivity index (χ0v) is 15.3. The number of hydrogen-bond acceptors (Lipinski definition) is 1. The third-order valence-electron chi connectivity index (χ3n) is 5.21. The first-order valence-corrected chi connectivity index (χ1v) is 9.17. The third kappa shape index (κ3) is 3.50. The monoisotopic (exact) mass is 399 g/mol. The quantitative estimate of drug-likeness (QED) is 0.511. The number of carbonyl (C=O) groups is 1. The Kier molecular flexibility index (Phi) is 4.86. The van der Waals surface area contributed by atoms with Crippen molar-refractivity contribution in [1.29, 1.82) is 0 Å². The minimum Gasteiger partial charge on any atom is -0.327 e. The average molecular weight is 399 g/mol. The second-order valence-electron chi connectivity index (χ2n) is 6.91. The molecule has 0 fully saturated rings. The van der Waals surface area contributed by atoms with Gasteiger partial charge in [-0.25, -0.2) is 4.39 Å². The lowest BCUT2D eigenvalue weighted by Crippen LogP contribution is -2.41. The van der Waals surface area contributed by atoms with Crippen LogP contribution in [0.25, 0.3) is 0 Å². The fourth-order valence-electron chi connectivity index (χ4n) is 3.89. The van der Waals surface area contributed by atoms with Crippen molar-refractivity contribution in [3.05, 3.63) is 106 Å². The zero-order chi connectivity index (χ0) is 20.6. The molecular formula is C23H17F4NO. The third-order valence-corrected chi connectivity index (χ3v) is 5.21. The molecule has 0 bridgehead atoms. The van der Waals surface area contributed by atoms with Crippen LogP contribution in [-0.2, 0) is 12.6 Å². The van der Waals surface area contributed by atoms with Crippen molar-refractivity contribution in [1.82, 2.24) is 4.90 Å². The van der Waals surface area contributed by atoms with Gasteiger partial charge in [0.05, 0.1) is 17.2 Å². The van der Waals surface area contributed by atoms with Gasteiger partial charge >= 0.3 is 6.18 Å². The van der Waals surface area contributed by atoms with E-state index in [4.69, 9.17) is 0 Å². The average Bonchev–Trinajstić information content (AvgIpc) is 2.72. The Balaban J connectivity index is 1.85. The maximum Gasteiger partial charge on any atom is 0.417 e. The van der Waals surface area contributed by atoms with Crippen LogP contribution in [0.15, 0.2) is 72.8 Å². The summed E-state index contributed by atoms with van der Waals surface area (Å²) in [6, 6.07) is 17.3. The van der Waals surface area contributed by atoms with E-state index >= 15 is 0 Å². The van der Waals surface area contributed by atoms with Gasteiger partial charge < -0.3 is 4.90 Å². The summed E-state index contributed by atoms with van der Waals surface area (Å²) < 4.78 is 55.1. The highest BCUT2D eigenvalue weighted by Gasteiger charge is 2.39. The number of carbonyl (C=O) groups excluding carboxylic acids is 1. The SMILES string of the molecule is O=C(c1ccccc1C(F)(F)F)N1CCc2ccccc2[C@@H]1c1ccccc1F. The predicted molar refractivity (Wildman–Crippen MR) is 101 cm³/mol. The second-order valence-corrected chi connectivity index (χ2v) is 6.91. The fraction of sp³-hybridized carbons (Fsp3) is 0.174. The molecule has 3 aromatic rings. The summed E-state index contributed by atoms with van der Waals surface area (Å²) in [5.41, 5.74) is 0.518. The first kappa shape index (κ1) is 19.2. The Labute approximate surface area is 165 Å². The normalized spacial score (nSPS) is 16.4. The van der Waals surface area contributed by atoms with Gasteiger partial charge in [-0.05, 0) is 35.7 Å². The van der Waals surface area contributed by atoms with E-state index in [2.05, 4.69) is 0 Å². The number of fused-ring (bicyclic) bond motifs is 1. The lowest BCUT2D eigenvalue weighted by Gasteiger charge is -2.38. The van der Waals surface area contributed by atoms with Gasteiger partial charge in [-0.2, -0.15) is 13.2 Å². The Morgan fingerprint density at radius 3 is 2.21 bits per heavy atom. The minimum absolute atomic E-state index is 0.195. The van der Waals surface area contributed by atoms with Gasteiger partial charge in [-0.3, -0.25) is 4.79 Å². The predicted octanol–water partition coefficient (Wildman–Crippen LogP) is 5.63. The Bertz CT molecular complexity index is 1060. The Morgan fingerprint density at radius 2 is 1.48 bits per heavy atom. The van der Waals surface area contributed by atoms with Crippen molar-refractivity contribution in [2.75, 3.05) is 6.54 Å². The molecule has 29 heavy (non-hydrogen) atoms. The molecule has 0 N–H and O–H groups in total. The van der Waals surface area contributed by atoms with Crippen molar-refractivity contribution in [2.24, 2.45) is 0 Å². The first-order valence-electron chi connectivity index (χ1n) is 9.17. The van der Waals surface area contributed by atoms with E-state index in [1.165, 1.54) is 29.2 Å². The van der Waals surface area contributed by atoms with Gasteiger partial charge in [0, 0.05) is 12.1 Å². The summed E-state index contributed by atoms with van der Waals surface area (Å²) in [5, 5.41) is 0. The zero-order valence-electron chi connectivity index (χ0n) is 15.3. The first-order chi connectivity index (χ1) is 13.9. The Morgan fingerprint density at radius 1 is 0.862 bits per heavy atom. The Hall–Kier alpha value is -3.15. The van der Waals surface area contributed by atoms with Crippen LogP contribution >= 0.6 is 0 Å². The summed E-state index contributed by atoms with van der Waals surface area (Å²) in [6.07, 6.45) is -4.17. The van der Waals surface area contributed by atoms with Gasteiger partial charge in [0.25, 0.3) is 5.91 Å². The van der Waals surface area contributed by atoms with Crippen LogP contribution in [0.5, 0.6) is 0 Å². The molecule has 4 rings (SSSR count). The highest BCUT2D eigenvalue weighted by molar-refractivity contribution is 5.96. The second kappa shape index (κ2) is 7.35. The molecule has 1 aliphatic rings. The molecule has 0 spiro atoms. The van der Waals surface area contributed by atoms with E-state index in [-0.39, 0.29) is 12.1 Å². The summed E-state index contributed by atoms with van der Waals surface area (Å²) in [7, 11) is 0. The molecule has 0 aliphatic carbocycles. The van der Waals surface area contributed by atoms with Gasteiger partial charge in [-0.15, -0.1) is 0 Å². The van der Waals surface area contributed by atoms with Crippen LogP contribution in [0.3, 0.4) is 0 Å². The number of alkyl halides is 3. The van der Waals surface area contributed by atoms with Crippen LogP contribution in [0.1, 0.15) is 38.7 Å². The molecule has 0 saturated heterocycles. The highest BCUT2D eigenvalue weighted by Crippen LogP contribution is 2.39. The minimum atomic E-state index is -4.66. The van der Waals surface area contributed by atoms with E-state index in [1.807, 2.05) is 12.1 Å². The van der Waals surface area contributed by atoms with Crippen molar-refractivity contribution in [2.45, 2.75) is 18.6 Å². The highest BCUT2D eigenvalue weighted by atomic mass is 19.4. The molecule has 0 saturated carbocycles. The largest absolute Gasteiger partial charge is 0.417 e. The number of halogens is 4. The standard InChI is InChI=1S/C23H17F4NO/c24-20-12-6-4-10-18(20)21-16-8-2-1-7-15(16)13-14-28(21)22(29)17-9-3-5-11-19(17)23(25,26)27/h1-12,21H,13-14H2/t21-/m1/s1. The number of nitrogens with zero attached hydrogens (tertiary/aromatic N) is 1. The van der Waals surface area contributed by atoms with Crippen LogP contribution in [0.2, 0.25) is 0 Å². The van der Waals surface area contributed by atoms with Crippen LogP contribution < -0.4 is 0 Å². The molecule has 2 nitrogen and oxygen atoms in total. The van der Waals surface area contributed by atoms with Gasteiger partial charge in [0.2, 0.25) is 0 Å². The molecule has 1 heterocycles. The smallest absolute Gasteiger partial charge is 0.327 e. The molecule has 3 aromatic carbocycles. The number of hydrogen-bond donors (Lipinski definition) is 0. The number of benzene rings is 3. The molecular weight excluding hydrogens is 382 g/mol. The van der Waals surface area contributed by atoms with E-state index in [0.29, 0.717) is 6.42 Å². The molecule has 1 aliphatic heterocycles. The van der Waals surface area contributed by atoms with E-state index < -0.39 is 35.1 Å². The molecule has 0 unspecified atom stereocenters. The lowest BCUT2D eigenvalue weighted by atomic mass is 9.87. The van der Waals surface area contributed by atoms with Gasteiger partial charge in [0.1, 0.15) is 5.82 Å². The van der Waals surface area contributed by atoms with E-state index in [0.717, 1.165) is 17.2 Å². The van der Waals surface area contributed by atoms with Crippen LogP contribution in [-0.4, -0.2) is 17.4 Å². The lowest BCUT2D eigenvalue weighted by molar-refractivity contribution is -0.138. The van der Waals surface area contributed by atoms with E-state index in [1.54, 1.807) is 30.3 Å².